The maximum absolute atomic E-state index is 2.30. The van der Waals surface area contributed by atoms with Crippen molar-refractivity contribution in [2.24, 2.45) is 0 Å². The molecule has 0 spiro atoms. The molecule has 0 N–H and O–H groups in total. The highest BCUT2D eigenvalue weighted by atomic mass is 14.1. The fourth-order valence-corrected chi connectivity index (χ4v) is 2.37. The van der Waals surface area contributed by atoms with Gasteiger partial charge in [-0.2, -0.15) is 0 Å². The zero-order valence-electron chi connectivity index (χ0n) is 11.4. The summed E-state index contributed by atoms with van der Waals surface area (Å²) in [7, 11) is 11.0. The molecule has 0 saturated carbocycles. The van der Waals surface area contributed by atoms with Gasteiger partial charge in [0.15, 0.2) is 0 Å². The van der Waals surface area contributed by atoms with Crippen LogP contribution in [0.5, 0.6) is 0 Å². The van der Waals surface area contributed by atoms with Gasteiger partial charge in [0.25, 0.3) is 0 Å². The van der Waals surface area contributed by atoms with Crippen LogP contribution in [0.15, 0.2) is 30.3 Å². The summed E-state index contributed by atoms with van der Waals surface area (Å²) in [6.45, 7) is 0. The Labute approximate surface area is 108 Å². The van der Waals surface area contributed by atoms with Crippen molar-refractivity contribution in [3.05, 3.63) is 30.3 Å². The molecule has 0 aliphatic carbocycles. The average molecular weight is 213 g/mol. The second kappa shape index (κ2) is 4.56. The number of hydrogen-bond acceptors (Lipinski definition) is 0. The van der Waals surface area contributed by atoms with Crippen LogP contribution in [0.1, 0.15) is 0 Å². The quantitative estimate of drug-likeness (QED) is 0.415. The Kier molecular flexibility index (Phi) is 3.28. The smallest absolute Gasteiger partial charge is 0.0946 e. The molecular weight excluding hydrogens is 198 g/mol. The summed E-state index contributed by atoms with van der Waals surface area (Å²) >= 11 is 0. The predicted octanol–water partition coefficient (Wildman–Crippen LogP) is -5.35. The maximum atomic E-state index is 2.30. The van der Waals surface area contributed by atoms with E-state index in [2.05, 4.69) is 69.6 Å². The van der Waals surface area contributed by atoms with Crippen molar-refractivity contribution >= 4 is 66.5 Å². The largest absolute Gasteiger partial charge is 0.140 e. The molecule has 0 unspecified atom stereocenters. The van der Waals surface area contributed by atoms with Crippen molar-refractivity contribution in [2.45, 2.75) is 0 Å². The molecular formula is C12H15B5. The van der Waals surface area contributed by atoms with E-state index in [9.17, 15) is 0 Å². The second-order valence-corrected chi connectivity index (χ2v) is 5.02. The van der Waals surface area contributed by atoms with Crippen LogP contribution in [-0.2, 0) is 0 Å². The van der Waals surface area contributed by atoms with Crippen LogP contribution in [0.2, 0.25) is 0 Å². The van der Waals surface area contributed by atoms with Gasteiger partial charge in [-0.3, -0.25) is 0 Å². The molecule has 0 nitrogen and oxygen atoms in total. The third-order valence-electron chi connectivity index (χ3n) is 3.61. The van der Waals surface area contributed by atoms with E-state index >= 15 is 0 Å². The summed E-state index contributed by atoms with van der Waals surface area (Å²) in [6.07, 6.45) is 0. The van der Waals surface area contributed by atoms with Gasteiger partial charge in [0.05, 0.1) is 0 Å². The summed E-state index contributed by atoms with van der Waals surface area (Å²) in [4.78, 5) is 0. The van der Waals surface area contributed by atoms with E-state index in [0.29, 0.717) is 0 Å². The van der Waals surface area contributed by atoms with E-state index in [0.717, 1.165) is 0 Å². The Bertz CT molecular complexity index is 577. The normalized spacial score (nSPS) is 10.4. The van der Waals surface area contributed by atoms with Crippen molar-refractivity contribution in [3.63, 3.8) is 0 Å². The van der Waals surface area contributed by atoms with Crippen molar-refractivity contribution in [2.75, 3.05) is 0 Å². The molecule has 0 saturated heterocycles. The first kappa shape index (κ1) is 12.2. The van der Waals surface area contributed by atoms with Gasteiger partial charge in [-0.1, -0.05) is 57.6 Å². The van der Waals surface area contributed by atoms with Crippen LogP contribution >= 0.6 is 0 Å². The second-order valence-electron chi connectivity index (χ2n) is 5.02. The van der Waals surface area contributed by atoms with Gasteiger partial charge in [0.2, 0.25) is 0 Å². The zero-order valence-corrected chi connectivity index (χ0v) is 11.4. The molecule has 2 aromatic carbocycles. The van der Waals surface area contributed by atoms with Crippen molar-refractivity contribution < 1.29 is 0 Å². The van der Waals surface area contributed by atoms with Gasteiger partial charge in [-0.15, -0.1) is 0 Å². The lowest BCUT2D eigenvalue weighted by atomic mass is 9.69. The number of hydrogen-bond donors (Lipinski definition) is 0. The van der Waals surface area contributed by atoms with Gasteiger partial charge in [-0.05, 0) is 11.1 Å². The Hall–Kier alpha value is -1.24. The molecule has 17 heavy (non-hydrogen) atoms. The van der Waals surface area contributed by atoms with E-state index in [1.54, 1.807) is 0 Å². The monoisotopic (exact) mass is 214 g/mol. The fourth-order valence-electron chi connectivity index (χ4n) is 2.37. The third kappa shape index (κ3) is 2.24. The number of benzene rings is 2. The van der Waals surface area contributed by atoms with E-state index < -0.39 is 0 Å². The highest BCUT2D eigenvalue weighted by Crippen LogP contribution is 2.09. The molecule has 2 rings (SSSR count). The van der Waals surface area contributed by atoms with Gasteiger partial charge >= 0.3 is 0 Å². The first-order chi connectivity index (χ1) is 8.00. The zero-order chi connectivity index (χ0) is 12.6. The van der Waals surface area contributed by atoms with Crippen molar-refractivity contribution in [3.8, 4) is 11.1 Å². The topological polar surface area (TPSA) is 0 Å². The summed E-state index contributed by atoms with van der Waals surface area (Å²) in [5, 5.41) is 0. The van der Waals surface area contributed by atoms with Gasteiger partial charge in [0, 0.05) is 0 Å². The van der Waals surface area contributed by atoms with Crippen molar-refractivity contribution in [1.29, 1.82) is 0 Å². The molecule has 2 aromatic rings. The Morgan fingerprint density at radius 3 is 1.94 bits per heavy atom. The number of rotatable bonds is 1. The standard InChI is InChI=1S/C12H15B5/c13-6-1-2-8(14)7(5-6)11-9(15)3-4-10(16)12(11)17/h1-5H,13-17H2. The van der Waals surface area contributed by atoms with E-state index in [-0.39, 0.29) is 0 Å². The predicted molar refractivity (Wildman–Crippen MR) is 92.8 cm³/mol. The molecule has 0 aliphatic heterocycles. The maximum Gasteiger partial charge on any atom is 0.140 e. The third-order valence-corrected chi connectivity index (χ3v) is 3.61. The Morgan fingerprint density at radius 2 is 1.24 bits per heavy atom. The van der Waals surface area contributed by atoms with E-state index in [1.807, 2.05) is 0 Å². The van der Waals surface area contributed by atoms with E-state index in [1.165, 1.54) is 38.4 Å². The molecule has 0 amide bonds. The fraction of sp³-hybridized carbons (Fsp3) is 0. The minimum atomic E-state index is 1.32. The molecule has 0 heterocycles. The van der Waals surface area contributed by atoms with Crippen LogP contribution in [0, 0.1) is 0 Å². The van der Waals surface area contributed by atoms with Crippen LogP contribution in [-0.4, -0.2) is 39.2 Å². The summed E-state index contributed by atoms with van der Waals surface area (Å²) in [5.41, 5.74) is 9.60. The first-order valence-corrected chi connectivity index (χ1v) is 6.15. The lowest BCUT2D eigenvalue weighted by molar-refractivity contribution is 1.77. The van der Waals surface area contributed by atoms with Gasteiger partial charge in [-0.25, -0.2) is 0 Å². The Balaban J connectivity index is 2.76. The molecule has 78 valence electrons. The van der Waals surface area contributed by atoms with Crippen LogP contribution in [0.25, 0.3) is 11.1 Å². The van der Waals surface area contributed by atoms with Gasteiger partial charge < -0.3 is 0 Å². The molecule has 0 fully saturated rings. The summed E-state index contributed by atoms with van der Waals surface area (Å²) in [5.74, 6) is 0. The molecule has 0 atom stereocenters. The minimum Gasteiger partial charge on any atom is -0.0946 e. The SMILES string of the molecule is Bc1ccc(B)c(-c2c(B)ccc(B)c2B)c1. The van der Waals surface area contributed by atoms with Gasteiger partial charge in [0.1, 0.15) is 39.2 Å². The molecule has 0 bridgehead atoms. The lowest BCUT2D eigenvalue weighted by Crippen LogP contribution is -2.34. The summed E-state index contributed by atoms with van der Waals surface area (Å²) < 4.78 is 0. The van der Waals surface area contributed by atoms with Crippen molar-refractivity contribution in [1.82, 2.24) is 0 Å². The highest BCUT2D eigenvalue weighted by Gasteiger charge is 2.09. The molecule has 0 radical (unpaired) electrons. The molecule has 0 aliphatic rings. The van der Waals surface area contributed by atoms with Crippen LogP contribution in [0.3, 0.4) is 0 Å². The lowest BCUT2D eigenvalue weighted by Gasteiger charge is -2.16. The highest BCUT2D eigenvalue weighted by molar-refractivity contribution is 6.54. The van der Waals surface area contributed by atoms with E-state index in [4.69, 9.17) is 0 Å². The van der Waals surface area contributed by atoms with Crippen LogP contribution in [0.4, 0.5) is 0 Å². The molecule has 5 heteroatoms. The molecule has 0 aromatic heterocycles. The van der Waals surface area contributed by atoms with Crippen LogP contribution < -0.4 is 27.3 Å². The first-order valence-electron chi connectivity index (χ1n) is 6.15. The average Bonchev–Trinajstić information content (AvgIpc) is 2.29. The summed E-state index contributed by atoms with van der Waals surface area (Å²) in [6, 6.07) is 11.1. The Morgan fingerprint density at radius 1 is 0.647 bits per heavy atom. The minimum absolute atomic E-state index is 1.32.